The van der Waals surface area contributed by atoms with Gasteiger partial charge in [-0.05, 0) is 30.4 Å². The molecule has 0 aliphatic heterocycles. The number of rotatable bonds is 3. The second-order valence-electron chi connectivity index (χ2n) is 6.30. The van der Waals surface area contributed by atoms with E-state index in [0.717, 1.165) is 34.3 Å². The van der Waals surface area contributed by atoms with E-state index in [1.165, 1.54) is 0 Å². The Balaban J connectivity index is 1.82. The second-order valence-corrected chi connectivity index (χ2v) is 7.31. The quantitative estimate of drug-likeness (QED) is 0.942. The van der Waals surface area contributed by atoms with Crippen LogP contribution in [-0.4, -0.2) is 17.1 Å². The van der Waals surface area contributed by atoms with Crippen LogP contribution in [0, 0.1) is 5.41 Å². The fourth-order valence-electron chi connectivity index (χ4n) is 2.75. The molecule has 0 amide bonds. The molecule has 0 fully saturated rings. The van der Waals surface area contributed by atoms with Crippen LogP contribution in [0.25, 0.3) is 0 Å². The minimum atomic E-state index is -0.378. The van der Waals surface area contributed by atoms with Crippen LogP contribution in [0.4, 0.5) is 5.13 Å². The summed E-state index contributed by atoms with van der Waals surface area (Å²) >= 11 is 1.60. The van der Waals surface area contributed by atoms with Gasteiger partial charge in [0.1, 0.15) is 5.76 Å². The van der Waals surface area contributed by atoms with Crippen molar-refractivity contribution in [1.82, 2.24) is 4.98 Å². The zero-order valence-corrected chi connectivity index (χ0v) is 12.9. The van der Waals surface area contributed by atoms with Crippen LogP contribution < -0.4 is 4.90 Å². The summed E-state index contributed by atoms with van der Waals surface area (Å²) in [5.41, 5.74) is 1.18. The zero-order chi connectivity index (χ0) is 14.3. The number of thiazole rings is 1. The summed E-state index contributed by atoms with van der Waals surface area (Å²) in [5, 5.41) is 11.2. The van der Waals surface area contributed by atoms with E-state index in [0.29, 0.717) is 6.54 Å². The van der Waals surface area contributed by atoms with Crippen molar-refractivity contribution in [3.63, 3.8) is 0 Å². The summed E-state index contributed by atoms with van der Waals surface area (Å²) < 4.78 is 5.37. The SMILES string of the molecule is CN(Cc1ccco1)c1nc2c(s1)C(O)CC(C)(C)C2. The predicted molar refractivity (Wildman–Crippen MR) is 80.0 cm³/mol. The van der Waals surface area contributed by atoms with Crippen LogP contribution in [0.2, 0.25) is 0 Å². The van der Waals surface area contributed by atoms with Crippen LogP contribution in [0.5, 0.6) is 0 Å². The van der Waals surface area contributed by atoms with Crippen LogP contribution in [0.1, 0.15) is 42.7 Å². The predicted octanol–water partition coefficient (Wildman–Crippen LogP) is 3.38. The van der Waals surface area contributed by atoms with Gasteiger partial charge in [-0.2, -0.15) is 0 Å². The highest BCUT2D eigenvalue weighted by Crippen LogP contribution is 2.44. The maximum absolute atomic E-state index is 10.3. The first kappa shape index (κ1) is 13.6. The number of aliphatic hydroxyl groups excluding tert-OH is 1. The molecule has 0 saturated heterocycles. The Bertz CT molecular complexity index is 589. The molecule has 2 aromatic heterocycles. The van der Waals surface area contributed by atoms with Gasteiger partial charge in [-0.1, -0.05) is 25.2 Å². The number of aromatic nitrogens is 1. The van der Waals surface area contributed by atoms with E-state index in [9.17, 15) is 5.11 Å². The van der Waals surface area contributed by atoms with Crippen LogP contribution >= 0.6 is 11.3 Å². The highest BCUT2D eigenvalue weighted by Gasteiger charge is 2.34. The van der Waals surface area contributed by atoms with Crippen molar-refractivity contribution in [2.45, 2.75) is 39.3 Å². The van der Waals surface area contributed by atoms with E-state index in [-0.39, 0.29) is 11.5 Å². The van der Waals surface area contributed by atoms with Crippen molar-refractivity contribution >= 4 is 16.5 Å². The van der Waals surface area contributed by atoms with Crippen molar-refractivity contribution in [3.05, 3.63) is 34.7 Å². The van der Waals surface area contributed by atoms with Gasteiger partial charge in [0, 0.05) is 7.05 Å². The molecule has 0 radical (unpaired) electrons. The summed E-state index contributed by atoms with van der Waals surface area (Å²) in [6.45, 7) is 5.06. The highest BCUT2D eigenvalue weighted by molar-refractivity contribution is 7.15. The molecule has 0 spiro atoms. The topological polar surface area (TPSA) is 49.5 Å². The number of hydrogen-bond acceptors (Lipinski definition) is 5. The summed E-state index contributed by atoms with van der Waals surface area (Å²) in [6.07, 6.45) is 3.05. The largest absolute Gasteiger partial charge is 0.467 e. The molecule has 4 nitrogen and oxygen atoms in total. The average molecular weight is 292 g/mol. The number of nitrogens with zero attached hydrogens (tertiary/aromatic N) is 2. The molecule has 1 atom stereocenters. The van der Waals surface area contributed by atoms with Gasteiger partial charge in [-0.25, -0.2) is 4.98 Å². The van der Waals surface area contributed by atoms with E-state index < -0.39 is 0 Å². The lowest BCUT2D eigenvalue weighted by Gasteiger charge is -2.31. The van der Waals surface area contributed by atoms with Gasteiger partial charge >= 0.3 is 0 Å². The standard InChI is InChI=1S/C15H20N2O2S/c1-15(2)7-11-13(12(18)8-15)20-14(16-11)17(3)9-10-5-4-6-19-10/h4-6,12,18H,7-9H2,1-3H3. The fraction of sp³-hybridized carbons (Fsp3) is 0.533. The van der Waals surface area contributed by atoms with Crippen LogP contribution in [0.15, 0.2) is 22.8 Å². The summed E-state index contributed by atoms with van der Waals surface area (Å²) in [7, 11) is 2.00. The Morgan fingerprint density at radius 1 is 1.55 bits per heavy atom. The minimum absolute atomic E-state index is 0.122. The Morgan fingerprint density at radius 2 is 2.35 bits per heavy atom. The van der Waals surface area contributed by atoms with E-state index in [1.807, 2.05) is 19.2 Å². The highest BCUT2D eigenvalue weighted by atomic mass is 32.1. The van der Waals surface area contributed by atoms with Crippen molar-refractivity contribution in [2.75, 3.05) is 11.9 Å². The molecular formula is C15H20N2O2S. The fourth-order valence-corrected chi connectivity index (χ4v) is 3.77. The molecule has 0 saturated carbocycles. The number of hydrogen-bond donors (Lipinski definition) is 1. The lowest BCUT2D eigenvalue weighted by Crippen LogP contribution is -2.24. The minimum Gasteiger partial charge on any atom is -0.467 e. The maximum atomic E-state index is 10.3. The Morgan fingerprint density at radius 3 is 3.05 bits per heavy atom. The smallest absolute Gasteiger partial charge is 0.186 e. The third kappa shape index (κ3) is 2.60. The molecule has 108 valence electrons. The molecule has 1 unspecified atom stereocenters. The molecule has 20 heavy (non-hydrogen) atoms. The molecule has 0 bridgehead atoms. The molecule has 1 aliphatic carbocycles. The first-order chi connectivity index (χ1) is 9.44. The van der Waals surface area contributed by atoms with E-state index in [2.05, 4.69) is 18.7 Å². The monoisotopic (exact) mass is 292 g/mol. The molecular weight excluding hydrogens is 272 g/mol. The van der Waals surface area contributed by atoms with E-state index >= 15 is 0 Å². The lowest BCUT2D eigenvalue weighted by atomic mass is 9.77. The average Bonchev–Trinajstić information content (AvgIpc) is 2.96. The van der Waals surface area contributed by atoms with E-state index in [1.54, 1.807) is 17.6 Å². The molecule has 1 N–H and O–H groups in total. The van der Waals surface area contributed by atoms with Crippen LogP contribution in [-0.2, 0) is 13.0 Å². The van der Waals surface area contributed by atoms with Gasteiger partial charge < -0.3 is 14.4 Å². The summed E-state index contributed by atoms with van der Waals surface area (Å²) in [4.78, 5) is 7.82. The number of furan rings is 1. The molecule has 3 rings (SSSR count). The zero-order valence-electron chi connectivity index (χ0n) is 12.1. The van der Waals surface area contributed by atoms with Gasteiger partial charge in [0.25, 0.3) is 0 Å². The Labute approximate surface area is 123 Å². The van der Waals surface area contributed by atoms with Crippen molar-refractivity contribution in [3.8, 4) is 0 Å². The van der Waals surface area contributed by atoms with Gasteiger partial charge in [0.2, 0.25) is 0 Å². The Hall–Kier alpha value is -1.33. The second kappa shape index (κ2) is 4.90. The van der Waals surface area contributed by atoms with E-state index in [4.69, 9.17) is 9.40 Å². The van der Waals surface area contributed by atoms with Gasteiger partial charge in [0.05, 0.1) is 29.5 Å². The van der Waals surface area contributed by atoms with Crippen molar-refractivity contribution < 1.29 is 9.52 Å². The van der Waals surface area contributed by atoms with Gasteiger partial charge in [0.15, 0.2) is 5.13 Å². The number of fused-ring (bicyclic) bond motifs is 1. The normalized spacial score (nSPS) is 20.7. The first-order valence-electron chi connectivity index (χ1n) is 6.86. The molecule has 0 aromatic carbocycles. The van der Waals surface area contributed by atoms with Crippen LogP contribution in [0.3, 0.4) is 0 Å². The molecule has 2 aromatic rings. The lowest BCUT2D eigenvalue weighted by molar-refractivity contribution is 0.102. The van der Waals surface area contributed by atoms with Crippen molar-refractivity contribution in [2.24, 2.45) is 5.41 Å². The summed E-state index contributed by atoms with van der Waals surface area (Å²) in [6, 6.07) is 3.85. The molecule has 1 aliphatic rings. The third-order valence-electron chi connectivity index (χ3n) is 3.71. The summed E-state index contributed by atoms with van der Waals surface area (Å²) in [5.74, 6) is 0.918. The van der Waals surface area contributed by atoms with Crippen molar-refractivity contribution in [1.29, 1.82) is 0 Å². The number of aliphatic hydroxyl groups is 1. The first-order valence-corrected chi connectivity index (χ1v) is 7.67. The Kier molecular flexibility index (Phi) is 3.34. The van der Waals surface area contributed by atoms with Gasteiger partial charge in [-0.3, -0.25) is 0 Å². The number of anilines is 1. The molecule has 2 heterocycles. The third-order valence-corrected chi connectivity index (χ3v) is 5.02. The maximum Gasteiger partial charge on any atom is 0.186 e. The van der Waals surface area contributed by atoms with Gasteiger partial charge in [-0.15, -0.1) is 0 Å². The molecule has 5 heteroatoms.